The number of carbonyl (C=O) groups is 2. The van der Waals surface area contributed by atoms with E-state index in [0.29, 0.717) is 11.1 Å². The molecule has 0 radical (unpaired) electrons. The van der Waals surface area contributed by atoms with Crippen LogP contribution in [0.3, 0.4) is 0 Å². The maximum atomic E-state index is 12.9. The summed E-state index contributed by atoms with van der Waals surface area (Å²) in [6.07, 6.45) is 2.51. The first-order valence-electron chi connectivity index (χ1n) is 8.03. The van der Waals surface area contributed by atoms with Gasteiger partial charge in [-0.3, -0.25) is 9.20 Å². The molecule has 0 aliphatic carbocycles. The number of benzene rings is 1. The van der Waals surface area contributed by atoms with Gasteiger partial charge in [-0.2, -0.15) is 0 Å². The fourth-order valence-corrected chi connectivity index (χ4v) is 3.73. The Bertz CT molecular complexity index is 1160. The van der Waals surface area contributed by atoms with E-state index in [1.807, 2.05) is 0 Å². The second-order valence-electron chi connectivity index (χ2n) is 5.95. The number of nitrogens with zero attached hydrogens (tertiary/aromatic N) is 2. The van der Waals surface area contributed by atoms with Gasteiger partial charge in [0, 0.05) is 16.9 Å². The number of ether oxygens (including phenoxy) is 1. The zero-order valence-electron chi connectivity index (χ0n) is 14.9. The number of hydrogen-bond donors (Lipinski definition) is 1. The van der Waals surface area contributed by atoms with Crippen LogP contribution in [0.5, 0.6) is 0 Å². The Labute approximate surface area is 169 Å². The molecule has 2 heterocycles. The van der Waals surface area contributed by atoms with Crippen LogP contribution in [-0.2, 0) is 19.4 Å². The summed E-state index contributed by atoms with van der Waals surface area (Å²) in [4.78, 5) is 29.1. The number of pyridine rings is 1. The Balaban J connectivity index is 2.03. The third-order valence-corrected chi connectivity index (χ3v) is 5.46. The van der Waals surface area contributed by atoms with Gasteiger partial charge in [-0.15, -0.1) is 0 Å². The normalized spacial score (nSPS) is 12.5. The number of sulfone groups is 1. The minimum absolute atomic E-state index is 0.105. The van der Waals surface area contributed by atoms with E-state index in [2.05, 4.69) is 26.2 Å². The number of carbonyl (C=O) groups excluding carboxylic acids is 2. The summed E-state index contributed by atoms with van der Waals surface area (Å²) >= 11 is 3.31. The number of methoxy groups -OCH3 is 1. The van der Waals surface area contributed by atoms with Gasteiger partial charge in [-0.25, -0.2) is 18.2 Å². The second kappa shape index (κ2) is 7.72. The van der Waals surface area contributed by atoms with Crippen molar-refractivity contribution >= 4 is 43.2 Å². The summed E-state index contributed by atoms with van der Waals surface area (Å²) in [6.45, 7) is 0. The molecule has 1 aromatic carbocycles. The number of nitrogens with one attached hydrogen (secondary N) is 1. The predicted octanol–water partition coefficient (Wildman–Crippen LogP) is 2.14. The van der Waals surface area contributed by atoms with Crippen molar-refractivity contribution < 1.29 is 22.7 Å². The second-order valence-corrected chi connectivity index (χ2v) is 8.78. The molecule has 3 rings (SSSR count). The van der Waals surface area contributed by atoms with Crippen molar-refractivity contribution in [2.24, 2.45) is 0 Å². The molecule has 28 heavy (non-hydrogen) atoms. The van der Waals surface area contributed by atoms with E-state index in [-0.39, 0.29) is 10.9 Å². The van der Waals surface area contributed by atoms with Gasteiger partial charge in [-0.1, -0.05) is 34.1 Å². The lowest BCUT2D eigenvalue weighted by Crippen LogP contribution is -2.34. The number of aromatic nitrogens is 2. The fourth-order valence-electron chi connectivity index (χ4n) is 2.69. The molecular formula is C18H16BrN3O5S. The summed E-state index contributed by atoms with van der Waals surface area (Å²) in [5.74, 6) is -1.36. The Morgan fingerprint density at radius 2 is 1.86 bits per heavy atom. The highest BCUT2D eigenvalue weighted by Gasteiger charge is 2.28. The maximum Gasteiger partial charge on any atom is 0.333 e. The van der Waals surface area contributed by atoms with Crippen LogP contribution in [0.4, 0.5) is 0 Å². The lowest BCUT2D eigenvalue weighted by Gasteiger charge is -2.16. The molecule has 3 aromatic rings. The fraction of sp³-hybridized carbons (Fsp3) is 0.167. The molecule has 0 spiro atoms. The quantitative estimate of drug-likeness (QED) is 0.578. The highest BCUT2D eigenvalue weighted by Crippen LogP contribution is 2.21. The van der Waals surface area contributed by atoms with Crippen molar-refractivity contribution in [2.75, 3.05) is 13.4 Å². The Morgan fingerprint density at radius 3 is 2.46 bits per heavy atom. The topological polar surface area (TPSA) is 107 Å². The van der Waals surface area contributed by atoms with Crippen molar-refractivity contribution in [3.63, 3.8) is 0 Å². The zero-order chi connectivity index (χ0) is 20.5. The van der Waals surface area contributed by atoms with E-state index in [1.165, 1.54) is 17.7 Å². The van der Waals surface area contributed by atoms with Crippen LogP contribution in [0.15, 0.2) is 58.3 Å². The summed E-state index contributed by atoms with van der Waals surface area (Å²) in [6, 6.07) is 10.6. The molecule has 1 amide bonds. The first-order valence-corrected chi connectivity index (χ1v) is 10.7. The number of halogens is 1. The van der Waals surface area contributed by atoms with Gasteiger partial charge < -0.3 is 10.1 Å². The monoisotopic (exact) mass is 465 g/mol. The van der Waals surface area contributed by atoms with E-state index >= 15 is 0 Å². The number of rotatable bonds is 5. The van der Waals surface area contributed by atoms with Crippen molar-refractivity contribution in [2.45, 2.75) is 11.2 Å². The summed E-state index contributed by atoms with van der Waals surface area (Å²) in [5, 5.41) is 2.32. The first-order chi connectivity index (χ1) is 13.2. The number of imidazole rings is 1. The van der Waals surface area contributed by atoms with Crippen molar-refractivity contribution in [1.82, 2.24) is 14.7 Å². The molecule has 0 aliphatic heterocycles. The van der Waals surface area contributed by atoms with Crippen LogP contribution < -0.4 is 5.32 Å². The molecule has 1 unspecified atom stereocenters. The van der Waals surface area contributed by atoms with Crippen LogP contribution in [0.1, 0.15) is 22.1 Å². The van der Waals surface area contributed by atoms with Gasteiger partial charge in [-0.05, 0) is 29.8 Å². The Morgan fingerprint density at radius 1 is 1.18 bits per heavy atom. The highest BCUT2D eigenvalue weighted by atomic mass is 79.9. The molecular weight excluding hydrogens is 450 g/mol. The van der Waals surface area contributed by atoms with Crippen LogP contribution in [0, 0.1) is 0 Å². The predicted molar refractivity (Wildman–Crippen MR) is 105 cm³/mol. The Kier molecular flexibility index (Phi) is 5.52. The average molecular weight is 466 g/mol. The molecule has 0 saturated carbocycles. The largest absolute Gasteiger partial charge is 0.467 e. The molecule has 146 valence electrons. The molecule has 2 aromatic heterocycles. The van der Waals surface area contributed by atoms with Crippen molar-refractivity contribution in [3.05, 3.63) is 64.4 Å². The van der Waals surface area contributed by atoms with Crippen LogP contribution >= 0.6 is 15.9 Å². The van der Waals surface area contributed by atoms with Gasteiger partial charge in [0.25, 0.3) is 5.91 Å². The minimum Gasteiger partial charge on any atom is -0.467 e. The number of hydrogen-bond acceptors (Lipinski definition) is 6. The van der Waals surface area contributed by atoms with E-state index < -0.39 is 27.8 Å². The standard InChI is InChI=1S/C18H16BrN3O5S/c1-27-17(24)14(11-6-8-12(19)9-7-11)20-16(23)15-13-5-3-4-10-22(13)18(21-15)28(2,25)26/h3-10,14H,1-2H3,(H,20,23). The van der Waals surface area contributed by atoms with E-state index in [1.54, 1.807) is 42.5 Å². The summed E-state index contributed by atoms with van der Waals surface area (Å²) < 4.78 is 31.0. The molecule has 1 N–H and O–H groups in total. The highest BCUT2D eigenvalue weighted by molar-refractivity contribution is 9.10. The van der Waals surface area contributed by atoms with Gasteiger partial charge >= 0.3 is 5.97 Å². The Hall–Kier alpha value is -2.72. The molecule has 0 fully saturated rings. The van der Waals surface area contributed by atoms with E-state index in [0.717, 1.165) is 10.7 Å². The molecule has 0 aliphatic rings. The first kappa shape index (κ1) is 20.0. The van der Waals surface area contributed by atoms with Crippen LogP contribution in [0.25, 0.3) is 5.52 Å². The number of esters is 1. The van der Waals surface area contributed by atoms with Gasteiger partial charge in [0.1, 0.15) is 0 Å². The van der Waals surface area contributed by atoms with Crippen molar-refractivity contribution in [1.29, 1.82) is 0 Å². The molecule has 0 saturated heterocycles. The maximum absolute atomic E-state index is 12.9. The molecule has 10 heteroatoms. The van der Waals surface area contributed by atoms with Crippen LogP contribution in [0.2, 0.25) is 0 Å². The lowest BCUT2D eigenvalue weighted by molar-refractivity contribution is -0.143. The molecule has 8 nitrogen and oxygen atoms in total. The smallest absolute Gasteiger partial charge is 0.333 e. The average Bonchev–Trinajstić information content (AvgIpc) is 3.06. The van der Waals surface area contributed by atoms with E-state index in [4.69, 9.17) is 4.74 Å². The SMILES string of the molecule is COC(=O)C(NC(=O)c1nc(S(C)(=O)=O)n2ccccc12)c1ccc(Br)cc1. The number of fused-ring (bicyclic) bond motifs is 1. The third kappa shape index (κ3) is 3.92. The van der Waals surface area contributed by atoms with Crippen LogP contribution in [-0.4, -0.2) is 43.0 Å². The summed E-state index contributed by atoms with van der Waals surface area (Å²) in [5.41, 5.74) is 0.710. The number of amides is 1. The molecule has 1 atom stereocenters. The lowest BCUT2D eigenvalue weighted by atomic mass is 10.1. The minimum atomic E-state index is -3.67. The van der Waals surface area contributed by atoms with Gasteiger partial charge in [0.15, 0.2) is 11.7 Å². The van der Waals surface area contributed by atoms with Gasteiger partial charge in [0.05, 0.1) is 12.6 Å². The van der Waals surface area contributed by atoms with E-state index in [9.17, 15) is 18.0 Å². The van der Waals surface area contributed by atoms with Gasteiger partial charge in [0.2, 0.25) is 15.0 Å². The summed E-state index contributed by atoms with van der Waals surface area (Å²) in [7, 11) is -2.46. The third-order valence-electron chi connectivity index (χ3n) is 3.98. The zero-order valence-corrected chi connectivity index (χ0v) is 17.3. The van der Waals surface area contributed by atoms with Crippen molar-refractivity contribution in [3.8, 4) is 0 Å². The molecule has 0 bridgehead atoms.